The van der Waals surface area contributed by atoms with Crippen LogP contribution in [0.1, 0.15) is 40.8 Å². The zero-order chi connectivity index (χ0) is 16.4. The highest BCUT2D eigenvalue weighted by molar-refractivity contribution is 5.56. The van der Waals surface area contributed by atoms with Crippen molar-refractivity contribution in [2.45, 2.75) is 33.2 Å². The molecule has 3 rings (SSSR count). The van der Waals surface area contributed by atoms with Crippen molar-refractivity contribution in [2.75, 3.05) is 20.3 Å². The van der Waals surface area contributed by atoms with Crippen LogP contribution in [0, 0.1) is 13.8 Å². The van der Waals surface area contributed by atoms with Gasteiger partial charge in [-0.25, -0.2) is 0 Å². The van der Waals surface area contributed by atoms with Crippen LogP contribution in [-0.2, 0) is 6.42 Å². The molecule has 1 aliphatic rings. The van der Waals surface area contributed by atoms with Crippen molar-refractivity contribution in [3.05, 3.63) is 58.1 Å². The Morgan fingerprint density at radius 1 is 1.13 bits per heavy atom. The van der Waals surface area contributed by atoms with Crippen molar-refractivity contribution < 1.29 is 9.47 Å². The minimum Gasteiger partial charge on any atom is -0.493 e. The summed E-state index contributed by atoms with van der Waals surface area (Å²) >= 11 is 0. The largest absolute Gasteiger partial charge is 0.493 e. The van der Waals surface area contributed by atoms with Crippen molar-refractivity contribution in [1.82, 2.24) is 5.32 Å². The van der Waals surface area contributed by atoms with Gasteiger partial charge in [-0.05, 0) is 55.5 Å². The maximum absolute atomic E-state index is 5.92. The summed E-state index contributed by atoms with van der Waals surface area (Å²) in [7, 11) is 1.70. The SMILES string of the molecule is CCOc1c(OC)ccc2c1CCNC2c1c(C)cccc1C. The smallest absolute Gasteiger partial charge is 0.164 e. The Kier molecular flexibility index (Phi) is 4.58. The van der Waals surface area contributed by atoms with Crippen LogP contribution in [-0.4, -0.2) is 20.3 Å². The highest BCUT2D eigenvalue weighted by atomic mass is 16.5. The Hall–Kier alpha value is -2.00. The predicted molar refractivity (Wildman–Crippen MR) is 93.6 cm³/mol. The Balaban J connectivity index is 2.15. The van der Waals surface area contributed by atoms with Crippen LogP contribution in [0.15, 0.2) is 30.3 Å². The van der Waals surface area contributed by atoms with Crippen LogP contribution in [0.4, 0.5) is 0 Å². The third-order valence-electron chi connectivity index (χ3n) is 4.63. The van der Waals surface area contributed by atoms with Crippen LogP contribution >= 0.6 is 0 Å². The molecular formula is C20H25NO2. The molecule has 0 saturated heterocycles. The number of nitrogens with one attached hydrogen (secondary N) is 1. The van der Waals surface area contributed by atoms with E-state index in [2.05, 4.69) is 43.4 Å². The fourth-order valence-corrected chi connectivity index (χ4v) is 3.60. The highest BCUT2D eigenvalue weighted by Gasteiger charge is 2.27. The van der Waals surface area contributed by atoms with E-state index in [9.17, 15) is 0 Å². The van der Waals surface area contributed by atoms with Gasteiger partial charge in [0.15, 0.2) is 11.5 Å². The van der Waals surface area contributed by atoms with Crippen molar-refractivity contribution in [3.63, 3.8) is 0 Å². The van der Waals surface area contributed by atoms with E-state index in [1.165, 1.54) is 27.8 Å². The average Bonchev–Trinajstić information content (AvgIpc) is 2.55. The molecule has 0 aromatic heterocycles. The second kappa shape index (κ2) is 6.63. The van der Waals surface area contributed by atoms with Gasteiger partial charge in [-0.3, -0.25) is 0 Å². The van der Waals surface area contributed by atoms with Gasteiger partial charge in [-0.1, -0.05) is 24.3 Å². The highest BCUT2D eigenvalue weighted by Crippen LogP contribution is 2.41. The van der Waals surface area contributed by atoms with Crippen molar-refractivity contribution >= 4 is 0 Å². The summed E-state index contributed by atoms with van der Waals surface area (Å²) in [5, 5.41) is 3.68. The number of rotatable bonds is 4. The Morgan fingerprint density at radius 2 is 1.87 bits per heavy atom. The molecular weight excluding hydrogens is 286 g/mol. The fraction of sp³-hybridized carbons (Fsp3) is 0.400. The predicted octanol–water partition coefficient (Wildman–Crippen LogP) is 3.95. The van der Waals surface area contributed by atoms with Gasteiger partial charge in [0.25, 0.3) is 0 Å². The molecule has 1 aliphatic heterocycles. The molecule has 3 heteroatoms. The van der Waals surface area contributed by atoms with Crippen molar-refractivity contribution in [2.24, 2.45) is 0 Å². The Bertz CT molecular complexity index is 689. The first-order valence-corrected chi connectivity index (χ1v) is 8.29. The summed E-state index contributed by atoms with van der Waals surface area (Å²) in [5.41, 5.74) is 6.60. The molecule has 0 fully saturated rings. The monoisotopic (exact) mass is 311 g/mol. The van der Waals surface area contributed by atoms with E-state index in [1.807, 2.05) is 13.0 Å². The molecule has 0 spiro atoms. The molecule has 1 unspecified atom stereocenters. The second-order valence-electron chi connectivity index (χ2n) is 6.04. The van der Waals surface area contributed by atoms with Crippen LogP contribution in [0.3, 0.4) is 0 Å². The molecule has 1 N–H and O–H groups in total. The zero-order valence-corrected chi connectivity index (χ0v) is 14.4. The molecule has 0 saturated carbocycles. The molecule has 122 valence electrons. The van der Waals surface area contributed by atoms with Crippen molar-refractivity contribution in [3.8, 4) is 11.5 Å². The molecule has 0 aliphatic carbocycles. The second-order valence-corrected chi connectivity index (χ2v) is 6.04. The van der Waals surface area contributed by atoms with Gasteiger partial charge >= 0.3 is 0 Å². The van der Waals surface area contributed by atoms with Gasteiger partial charge < -0.3 is 14.8 Å². The number of aryl methyl sites for hydroxylation is 2. The average molecular weight is 311 g/mol. The van der Waals surface area contributed by atoms with E-state index in [0.717, 1.165) is 24.5 Å². The summed E-state index contributed by atoms with van der Waals surface area (Å²) in [4.78, 5) is 0. The van der Waals surface area contributed by atoms with E-state index >= 15 is 0 Å². The number of hydrogen-bond donors (Lipinski definition) is 1. The maximum Gasteiger partial charge on any atom is 0.164 e. The lowest BCUT2D eigenvalue weighted by atomic mass is 9.85. The fourth-order valence-electron chi connectivity index (χ4n) is 3.60. The first-order chi connectivity index (χ1) is 11.2. The van der Waals surface area contributed by atoms with E-state index in [0.29, 0.717) is 6.61 Å². The van der Waals surface area contributed by atoms with E-state index in [4.69, 9.17) is 9.47 Å². The maximum atomic E-state index is 5.92. The number of methoxy groups -OCH3 is 1. The standard InChI is InChI=1S/C20H25NO2/c1-5-23-20-16-11-12-21-19(15(16)9-10-17(20)22-4)18-13(2)7-6-8-14(18)3/h6-10,19,21H,5,11-12H2,1-4H3. The number of ether oxygens (including phenoxy) is 2. The van der Waals surface area contributed by atoms with E-state index in [1.54, 1.807) is 7.11 Å². The molecule has 2 aromatic carbocycles. The molecule has 2 aromatic rings. The molecule has 3 nitrogen and oxygen atoms in total. The summed E-state index contributed by atoms with van der Waals surface area (Å²) < 4.78 is 11.4. The molecule has 0 radical (unpaired) electrons. The lowest BCUT2D eigenvalue weighted by molar-refractivity contribution is 0.305. The number of fused-ring (bicyclic) bond motifs is 1. The minimum absolute atomic E-state index is 0.213. The van der Waals surface area contributed by atoms with Gasteiger partial charge in [0.05, 0.1) is 19.8 Å². The third-order valence-corrected chi connectivity index (χ3v) is 4.63. The van der Waals surface area contributed by atoms with Gasteiger partial charge in [0.2, 0.25) is 0 Å². The Morgan fingerprint density at radius 3 is 2.52 bits per heavy atom. The van der Waals surface area contributed by atoms with Crippen LogP contribution in [0.5, 0.6) is 11.5 Å². The van der Waals surface area contributed by atoms with Gasteiger partial charge in [-0.15, -0.1) is 0 Å². The molecule has 1 atom stereocenters. The van der Waals surface area contributed by atoms with Crippen molar-refractivity contribution in [1.29, 1.82) is 0 Å². The normalized spacial score (nSPS) is 16.8. The number of benzene rings is 2. The van der Waals surface area contributed by atoms with Crippen LogP contribution < -0.4 is 14.8 Å². The molecule has 0 amide bonds. The number of hydrogen-bond acceptors (Lipinski definition) is 3. The lowest BCUT2D eigenvalue weighted by Gasteiger charge is -2.31. The van der Waals surface area contributed by atoms with Gasteiger partial charge in [0.1, 0.15) is 0 Å². The van der Waals surface area contributed by atoms with Crippen LogP contribution in [0.25, 0.3) is 0 Å². The van der Waals surface area contributed by atoms with Gasteiger partial charge in [0, 0.05) is 12.1 Å². The van der Waals surface area contributed by atoms with E-state index in [-0.39, 0.29) is 6.04 Å². The van der Waals surface area contributed by atoms with Crippen LogP contribution in [0.2, 0.25) is 0 Å². The summed E-state index contributed by atoms with van der Waals surface area (Å²) in [5.74, 6) is 1.73. The molecule has 1 heterocycles. The quantitative estimate of drug-likeness (QED) is 0.927. The van der Waals surface area contributed by atoms with E-state index < -0.39 is 0 Å². The summed E-state index contributed by atoms with van der Waals surface area (Å²) in [6.45, 7) is 7.98. The topological polar surface area (TPSA) is 30.5 Å². The third kappa shape index (κ3) is 2.81. The zero-order valence-electron chi connectivity index (χ0n) is 14.4. The summed E-state index contributed by atoms with van der Waals surface area (Å²) in [6, 6.07) is 10.9. The minimum atomic E-state index is 0.213. The van der Waals surface area contributed by atoms with Gasteiger partial charge in [-0.2, -0.15) is 0 Å². The molecule has 0 bridgehead atoms. The Labute approximate surface area is 138 Å². The molecule has 23 heavy (non-hydrogen) atoms. The first kappa shape index (κ1) is 15.9. The first-order valence-electron chi connectivity index (χ1n) is 8.29. The summed E-state index contributed by atoms with van der Waals surface area (Å²) in [6.07, 6.45) is 0.962. The lowest BCUT2D eigenvalue weighted by Crippen LogP contribution is -2.32.